The second-order valence-corrected chi connectivity index (χ2v) is 6.03. The molecule has 0 saturated carbocycles. The van der Waals surface area contributed by atoms with Gasteiger partial charge in [0.05, 0.1) is 6.20 Å². The van der Waals surface area contributed by atoms with Crippen molar-refractivity contribution in [2.75, 3.05) is 5.73 Å². The van der Waals surface area contributed by atoms with E-state index in [-0.39, 0.29) is 0 Å². The van der Waals surface area contributed by atoms with Crippen molar-refractivity contribution in [3.8, 4) is 16.4 Å². The minimum absolute atomic E-state index is 0.586. The van der Waals surface area contributed by atoms with Crippen molar-refractivity contribution in [2.24, 2.45) is 0 Å². The summed E-state index contributed by atoms with van der Waals surface area (Å²) in [5.41, 5.74) is 9.09. The van der Waals surface area contributed by atoms with Gasteiger partial charge >= 0.3 is 5.95 Å². The molecule has 8 nitrogen and oxygen atoms in total. The van der Waals surface area contributed by atoms with Crippen molar-refractivity contribution >= 4 is 17.3 Å². The minimum Gasteiger partial charge on any atom is -0.310 e. The van der Waals surface area contributed by atoms with Crippen molar-refractivity contribution in [3.63, 3.8) is 0 Å². The molecule has 0 unspecified atom stereocenters. The van der Waals surface area contributed by atoms with Crippen LogP contribution in [0.15, 0.2) is 41.9 Å². The number of nitrogens with zero attached hydrogens (tertiary/aromatic N) is 2. The molecule has 122 valence electrons. The number of anilines is 1. The fourth-order valence-corrected chi connectivity index (χ4v) is 2.59. The van der Waals surface area contributed by atoms with Crippen LogP contribution in [0.2, 0.25) is 0 Å². The molecule has 2 heterocycles. The first-order valence-electron chi connectivity index (χ1n) is 6.24. The standard InChI is InChI=1S/C13H12N4S.ClHO4/c1-9-8-18-13(15-9)17-7-11(16-12(17)14)10-5-3-2-4-6-10;2-1(3,4)5/h2-8H,1H3,(H2,14,16);(H,2,3,4,5). The second kappa shape index (κ2) is 7.04. The Kier molecular flexibility index (Phi) is 5.31. The molecule has 0 aliphatic rings. The van der Waals surface area contributed by atoms with Crippen molar-refractivity contribution in [2.45, 2.75) is 6.92 Å². The van der Waals surface area contributed by atoms with Gasteiger partial charge in [0.15, 0.2) is 0 Å². The molecule has 0 bridgehead atoms. The fourth-order valence-electron chi connectivity index (χ4n) is 1.80. The van der Waals surface area contributed by atoms with Crippen LogP contribution in [0.25, 0.3) is 16.4 Å². The van der Waals surface area contributed by atoms with Crippen LogP contribution in [0.1, 0.15) is 5.69 Å². The Balaban J connectivity index is 0.000000338. The maximum Gasteiger partial charge on any atom is 0.317 e. The average Bonchev–Trinajstić information content (AvgIpc) is 3.04. The topological polar surface area (TPSA) is 151 Å². The number of nitrogens with two attached hydrogens (primary N) is 1. The molecule has 0 saturated heterocycles. The highest BCUT2D eigenvalue weighted by atomic mass is 35.7. The molecule has 0 atom stereocenters. The third-order valence-electron chi connectivity index (χ3n) is 2.68. The van der Waals surface area contributed by atoms with E-state index in [2.05, 4.69) is 9.97 Å². The predicted molar refractivity (Wildman–Crippen MR) is 72.6 cm³/mol. The molecule has 10 heteroatoms. The summed E-state index contributed by atoms with van der Waals surface area (Å²) in [4.78, 5) is 7.61. The Morgan fingerprint density at radius 1 is 1.17 bits per heavy atom. The maximum atomic E-state index is 8.49. The van der Waals surface area contributed by atoms with Crippen LogP contribution in [-0.2, 0) is 0 Å². The number of imidazole rings is 1. The molecule has 0 aliphatic carbocycles. The lowest BCUT2D eigenvalue weighted by molar-refractivity contribution is -2.00. The summed E-state index contributed by atoms with van der Waals surface area (Å²) in [6.07, 6.45) is 1.98. The zero-order valence-electron chi connectivity index (χ0n) is 11.9. The number of halogens is 1. The first kappa shape index (κ1) is 17.3. The number of aromatic amines is 1. The van der Waals surface area contributed by atoms with Crippen LogP contribution < -0.4 is 28.9 Å². The smallest absolute Gasteiger partial charge is 0.310 e. The van der Waals surface area contributed by atoms with Gasteiger partial charge < -0.3 is 5.73 Å². The Labute approximate surface area is 137 Å². The zero-order chi connectivity index (χ0) is 17.0. The Morgan fingerprint density at radius 3 is 2.30 bits per heavy atom. The van der Waals surface area contributed by atoms with E-state index in [4.69, 9.17) is 24.4 Å². The number of aryl methyl sites for hydroxylation is 1. The number of hydrogen-bond acceptors (Lipinski definition) is 7. The first-order chi connectivity index (χ1) is 10.7. The van der Waals surface area contributed by atoms with Crippen molar-refractivity contribution in [1.29, 1.82) is 0 Å². The fraction of sp³-hybridized carbons (Fsp3) is 0.0769. The van der Waals surface area contributed by atoms with Crippen LogP contribution in [0.5, 0.6) is 0 Å². The van der Waals surface area contributed by atoms with Crippen LogP contribution in [0, 0.1) is 17.2 Å². The lowest BCUT2D eigenvalue weighted by Crippen LogP contribution is -2.68. The number of aromatic nitrogens is 3. The number of nitrogen functional groups attached to an aromatic ring is 1. The van der Waals surface area contributed by atoms with Gasteiger partial charge in [-0.1, -0.05) is 41.7 Å². The van der Waals surface area contributed by atoms with Crippen LogP contribution in [-0.4, -0.2) is 9.97 Å². The highest BCUT2D eigenvalue weighted by Gasteiger charge is 2.16. The SMILES string of the molecule is Cc1csc(-[n+]2cc(-c3ccccc3)[nH]c2N)n1.[O-][Cl+3]([O-])([O-])[O-]. The third kappa shape index (κ3) is 5.28. The molecule has 3 rings (SSSR count). The molecule has 23 heavy (non-hydrogen) atoms. The third-order valence-corrected chi connectivity index (χ3v) is 3.64. The molecule has 0 amide bonds. The average molecular weight is 357 g/mol. The summed E-state index contributed by atoms with van der Waals surface area (Å²) in [6.45, 7) is 1.97. The summed E-state index contributed by atoms with van der Waals surface area (Å²) >= 11 is 1.58. The predicted octanol–water partition coefficient (Wildman–Crippen LogP) is -2.45. The lowest BCUT2D eigenvalue weighted by atomic mass is 10.2. The lowest BCUT2D eigenvalue weighted by Gasteiger charge is -2.17. The van der Waals surface area contributed by atoms with Gasteiger partial charge in [0.25, 0.3) is 5.13 Å². The van der Waals surface area contributed by atoms with Gasteiger partial charge in [-0.3, -0.25) is 4.98 Å². The van der Waals surface area contributed by atoms with Gasteiger partial charge in [-0.25, -0.2) is 18.6 Å². The maximum absolute atomic E-state index is 8.49. The van der Waals surface area contributed by atoms with Gasteiger partial charge in [-0.15, -0.1) is 15.2 Å². The number of thiazole rings is 1. The molecule has 0 aliphatic heterocycles. The Hall–Kier alpha value is -2.01. The van der Waals surface area contributed by atoms with Gasteiger partial charge in [-0.2, -0.15) is 4.57 Å². The monoisotopic (exact) mass is 356 g/mol. The molecular formula is C13H13ClN4O4S. The number of H-pyrrole nitrogens is 1. The molecule has 0 spiro atoms. The van der Waals surface area contributed by atoms with E-state index in [1.165, 1.54) is 0 Å². The highest BCUT2D eigenvalue weighted by molar-refractivity contribution is 7.11. The van der Waals surface area contributed by atoms with Gasteiger partial charge in [-0.05, 0) is 6.92 Å². The summed E-state index contributed by atoms with van der Waals surface area (Å²) in [5.74, 6) is 0.586. The van der Waals surface area contributed by atoms with Crippen molar-refractivity contribution in [1.82, 2.24) is 9.97 Å². The van der Waals surface area contributed by atoms with Crippen molar-refractivity contribution in [3.05, 3.63) is 47.6 Å². The highest BCUT2D eigenvalue weighted by Crippen LogP contribution is 2.18. The molecule has 0 radical (unpaired) electrons. The van der Waals surface area contributed by atoms with E-state index >= 15 is 0 Å². The summed E-state index contributed by atoms with van der Waals surface area (Å²) in [6, 6.07) is 10.1. The first-order valence-corrected chi connectivity index (χ1v) is 8.35. The number of nitrogens with one attached hydrogen (secondary N) is 1. The minimum atomic E-state index is -4.94. The van der Waals surface area contributed by atoms with E-state index in [9.17, 15) is 0 Å². The molecule has 3 N–H and O–H groups in total. The summed E-state index contributed by atoms with van der Waals surface area (Å²) in [5, 5.41) is 2.89. The van der Waals surface area contributed by atoms with Gasteiger partial charge in [0.1, 0.15) is 11.4 Å². The van der Waals surface area contributed by atoms with Gasteiger partial charge in [0.2, 0.25) is 0 Å². The van der Waals surface area contributed by atoms with Gasteiger partial charge in [0, 0.05) is 10.9 Å². The Morgan fingerprint density at radius 2 is 1.78 bits per heavy atom. The second-order valence-electron chi connectivity index (χ2n) is 4.44. The van der Waals surface area contributed by atoms with E-state index in [1.807, 2.05) is 53.4 Å². The molecule has 1 aromatic carbocycles. The van der Waals surface area contributed by atoms with E-state index in [1.54, 1.807) is 11.3 Å². The number of hydrogen-bond donors (Lipinski definition) is 2. The molecule has 3 aromatic rings. The van der Waals surface area contributed by atoms with Crippen LogP contribution in [0.3, 0.4) is 0 Å². The Bertz CT molecular complexity index is 764. The zero-order valence-corrected chi connectivity index (χ0v) is 13.5. The molecular weight excluding hydrogens is 344 g/mol. The van der Waals surface area contributed by atoms with E-state index in [0.717, 1.165) is 22.1 Å². The summed E-state index contributed by atoms with van der Waals surface area (Å²) in [7, 11) is -4.94. The number of rotatable bonds is 2. The molecule has 0 fully saturated rings. The number of benzene rings is 1. The van der Waals surface area contributed by atoms with Crippen molar-refractivity contribution < 1.29 is 33.4 Å². The van der Waals surface area contributed by atoms with Crippen LogP contribution >= 0.6 is 11.3 Å². The van der Waals surface area contributed by atoms with E-state index in [0.29, 0.717) is 5.95 Å². The molecule has 2 aromatic heterocycles. The summed E-state index contributed by atoms with van der Waals surface area (Å²) < 4.78 is 35.8. The van der Waals surface area contributed by atoms with Crippen LogP contribution in [0.4, 0.5) is 5.95 Å². The largest absolute Gasteiger partial charge is 0.317 e. The van der Waals surface area contributed by atoms with E-state index < -0.39 is 10.2 Å². The normalized spacial score (nSPS) is 11.0. The quantitative estimate of drug-likeness (QED) is 0.486.